The zero-order valence-electron chi connectivity index (χ0n) is 8.53. The summed E-state index contributed by atoms with van der Waals surface area (Å²) in [6.07, 6.45) is 0.522. The van der Waals surface area contributed by atoms with E-state index in [0.29, 0.717) is 6.29 Å². The number of hydrogen-bond donors (Lipinski definition) is 0. The molecule has 15 heavy (non-hydrogen) atoms. The van der Waals surface area contributed by atoms with E-state index in [1.807, 2.05) is 6.92 Å². The maximum atomic E-state index is 10.8. The highest BCUT2D eigenvalue weighted by Crippen LogP contribution is 2.03. The fourth-order valence-corrected chi connectivity index (χ4v) is 0.818. The van der Waals surface area contributed by atoms with Crippen molar-refractivity contribution in [2.24, 2.45) is 0 Å². The second-order valence-corrected chi connectivity index (χ2v) is 2.93. The van der Waals surface area contributed by atoms with Crippen molar-refractivity contribution in [2.45, 2.75) is 6.92 Å². The molecule has 1 heterocycles. The monoisotopic (exact) mass is 277 g/mol. The molecule has 0 aliphatic carbocycles. The lowest BCUT2D eigenvalue weighted by Gasteiger charge is -1.83. The Kier molecular flexibility index (Phi) is 7.75. The number of carbonyl (C=O) groups excluding carboxylic acids is 2. The van der Waals surface area contributed by atoms with E-state index in [9.17, 15) is 9.59 Å². The fraction of sp³-hybridized carbons (Fsp3) is 0.444. The highest BCUT2D eigenvalue weighted by molar-refractivity contribution is 9.09. The molecule has 0 atom stereocenters. The molecular formula is C9H12BrNO4. The van der Waals surface area contributed by atoms with E-state index in [2.05, 4.69) is 30.3 Å². The molecule has 0 N–H and O–H groups in total. The van der Waals surface area contributed by atoms with Crippen molar-refractivity contribution in [3.63, 3.8) is 0 Å². The topological polar surface area (TPSA) is 69.4 Å². The molecular weight excluding hydrogens is 266 g/mol. The van der Waals surface area contributed by atoms with Crippen LogP contribution in [0.15, 0.2) is 10.6 Å². The zero-order chi connectivity index (χ0) is 11.7. The summed E-state index contributed by atoms with van der Waals surface area (Å²) in [5.74, 6) is -0.130. The summed E-state index contributed by atoms with van der Waals surface area (Å²) in [6.45, 7) is 2.78. The second kappa shape index (κ2) is 8.31. The van der Waals surface area contributed by atoms with Crippen LogP contribution in [0, 0.1) is 0 Å². The number of alkyl halides is 1. The first-order valence-corrected chi connectivity index (χ1v) is 5.31. The van der Waals surface area contributed by atoms with Gasteiger partial charge in [-0.05, 0) is 6.92 Å². The summed E-state index contributed by atoms with van der Waals surface area (Å²) in [5, 5.41) is 3.49. The van der Waals surface area contributed by atoms with Crippen LogP contribution in [-0.2, 0) is 4.74 Å². The van der Waals surface area contributed by atoms with Crippen LogP contribution < -0.4 is 0 Å². The predicted molar refractivity (Wildman–Crippen MR) is 57.6 cm³/mol. The minimum absolute atomic E-state index is 0.101. The lowest BCUT2D eigenvalue weighted by molar-refractivity contribution is 0.0983. The van der Waals surface area contributed by atoms with Gasteiger partial charge in [0.05, 0.1) is 5.33 Å². The molecule has 6 heteroatoms. The smallest absolute Gasteiger partial charge is 0.211 e. The van der Waals surface area contributed by atoms with Gasteiger partial charge in [0, 0.05) is 19.8 Å². The maximum absolute atomic E-state index is 10.8. The van der Waals surface area contributed by atoms with Crippen LogP contribution in [0.25, 0.3) is 0 Å². The lowest BCUT2D eigenvalue weighted by atomic mass is 10.3. The minimum atomic E-state index is -0.231. The van der Waals surface area contributed by atoms with Crippen molar-refractivity contribution in [3.8, 4) is 0 Å². The Hall–Kier alpha value is -1.01. The summed E-state index contributed by atoms with van der Waals surface area (Å²) < 4.78 is 9.09. The van der Waals surface area contributed by atoms with Gasteiger partial charge in [-0.25, -0.2) is 0 Å². The normalized spacial score (nSPS) is 9.00. The maximum Gasteiger partial charge on any atom is 0.211 e. The molecule has 1 aromatic rings. The molecule has 0 fully saturated rings. The summed E-state index contributed by atoms with van der Waals surface area (Å²) >= 11 is 2.96. The van der Waals surface area contributed by atoms with Crippen molar-refractivity contribution in [1.29, 1.82) is 0 Å². The molecule has 0 saturated heterocycles. The number of rotatable bonds is 4. The quantitative estimate of drug-likeness (QED) is 0.476. The van der Waals surface area contributed by atoms with Crippen LogP contribution in [0.4, 0.5) is 0 Å². The molecule has 0 radical (unpaired) electrons. The average molecular weight is 278 g/mol. The van der Waals surface area contributed by atoms with Crippen molar-refractivity contribution < 1.29 is 18.8 Å². The molecule has 0 spiro atoms. The Morgan fingerprint density at radius 3 is 2.67 bits per heavy atom. The van der Waals surface area contributed by atoms with E-state index in [1.54, 1.807) is 7.11 Å². The minimum Gasteiger partial charge on any atom is -0.385 e. The average Bonchev–Trinajstić information content (AvgIpc) is 2.77. The van der Waals surface area contributed by atoms with Crippen LogP contribution in [0.1, 0.15) is 28.0 Å². The highest BCUT2D eigenvalue weighted by atomic mass is 79.9. The van der Waals surface area contributed by atoms with Gasteiger partial charge in [-0.2, -0.15) is 0 Å². The van der Waals surface area contributed by atoms with E-state index >= 15 is 0 Å². The van der Waals surface area contributed by atoms with Gasteiger partial charge in [-0.15, -0.1) is 0 Å². The van der Waals surface area contributed by atoms with Crippen molar-refractivity contribution >= 4 is 28.0 Å². The Balaban J connectivity index is 0.000000423. The van der Waals surface area contributed by atoms with E-state index in [4.69, 9.17) is 0 Å². The van der Waals surface area contributed by atoms with E-state index in [-0.39, 0.29) is 22.6 Å². The Morgan fingerprint density at radius 2 is 2.33 bits per heavy atom. The van der Waals surface area contributed by atoms with Gasteiger partial charge in [0.2, 0.25) is 11.5 Å². The number of carbonyl (C=O) groups is 2. The molecule has 0 aliphatic heterocycles. The van der Waals surface area contributed by atoms with Crippen molar-refractivity contribution in [1.82, 2.24) is 5.16 Å². The number of aromatic nitrogens is 1. The van der Waals surface area contributed by atoms with Crippen molar-refractivity contribution in [3.05, 3.63) is 17.5 Å². The van der Waals surface area contributed by atoms with Gasteiger partial charge in [-0.3, -0.25) is 9.59 Å². The lowest BCUT2D eigenvalue weighted by Crippen LogP contribution is -1.96. The molecule has 0 saturated carbocycles. The first-order valence-electron chi connectivity index (χ1n) is 4.19. The number of Topliss-reactive ketones (excluding diaryl/α,β-unsaturated/α-hetero) is 1. The number of methoxy groups -OCH3 is 1. The van der Waals surface area contributed by atoms with Gasteiger partial charge in [0.25, 0.3) is 0 Å². The standard InChI is InChI=1S/C6H4BrNO3.C3H8O/c7-2-5(10)6-1-4(3-9)8-11-6;1-3-4-2/h1,3H,2H2;3H2,1-2H3. The summed E-state index contributed by atoms with van der Waals surface area (Å²) in [4.78, 5) is 20.9. The molecule has 84 valence electrons. The van der Waals surface area contributed by atoms with Gasteiger partial charge in [0.15, 0.2) is 6.29 Å². The van der Waals surface area contributed by atoms with Crippen LogP contribution in [0.2, 0.25) is 0 Å². The number of ether oxygens (including phenoxy) is 1. The molecule has 0 bridgehead atoms. The molecule has 0 aromatic carbocycles. The third-order valence-corrected chi connectivity index (χ3v) is 1.84. The number of hydrogen-bond acceptors (Lipinski definition) is 5. The van der Waals surface area contributed by atoms with E-state index in [1.165, 1.54) is 6.07 Å². The Labute approximate surface area is 95.9 Å². The summed E-state index contributed by atoms with van der Waals surface area (Å²) in [7, 11) is 1.68. The zero-order valence-corrected chi connectivity index (χ0v) is 10.1. The highest BCUT2D eigenvalue weighted by Gasteiger charge is 2.10. The largest absolute Gasteiger partial charge is 0.385 e. The van der Waals surface area contributed by atoms with E-state index in [0.717, 1.165) is 6.61 Å². The predicted octanol–water partition coefficient (Wildman–Crippen LogP) is 1.72. The number of nitrogens with zero attached hydrogens (tertiary/aromatic N) is 1. The molecule has 1 rings (SSSR count). The van der Waals surface area contributed by atoms with Crippen LogP contribution in [0.5, 0.6) is 0 Å². The van der Waals surface area contributed by atoms with Gasteiger partial charge in [0.1, 0.15) is 5.69 Å². The third-order valence-electron chi connectivity index (χ3n) is 1.33. The summed E-state index contributed by atoms with van der Waals surface area (Å²) in [6, 6.07) is 1.30. The van der Waals surface area contributed by atoms with Crippen LogP contribution in [0.3, 0.4) is 0 Å². The van der Waals surface area contributed by atoms with Gasteiger partial charge < -0.3 is 9.26 Å². The fourth-order valence-electron chi connectivity index (χ4n) is 0.542. The Bertz CT molecular complexity index is 309. The number of aldehydes is 1. The molecule has 5 nitrogen and oxygen atoms in total. The number of ketones is 1. The van der Waals surface area contributed by atoms with Gasteiger partial charge in [-0.1, -0.05) is 21.1 Å². The Morgan fingerprint density at radius 1 is 1.73 bits per heavy atom. The molecule has 1 aromatic heterocycles. The van der Waals surface area contributed by atoms with Crippen LogP contribution in [-0.4, -0.2) is 36.3 Å². The molecule has 0 aliphatic rings. The molecule has 0 unspecified atom stereocenters. The SMILES string of the molecule is CCOC.O=Cc1cc(C(=O)CBr)on1. The first kappa shape index (κ1) is 14.0. The van der Waals surface area contributed by atoms with Crippen LogP contribution >= 0.6 is 15.9 Å². The number of halogens is 1. The van der Waals surface area contributed by atoms with Crippen molar-refractivity contribution in [2.75, 3.05) is 19.0 Å². The van der Waals surface area contributed by atoms with E-state index < -0.39 is 0 Å². The third kappa shape index (κ3) is 5.44. The first-order chi connectivity index (χ1) is 7.19. The second-order valence-electron chi connectivity index (χ2n) is 2.37. The summed E-state index contributed by atoms with van der Waals surface area (Å²) in [5.41, 5.74) is 0.134. The molecule has 0 amide bonds. The van der Waals surface area contributed by atoms with Gasteiger partial charge >= 0.3 is 0 Å².